The van der Waals surface area contributed by atoms with E-state index >= 15 is 0 Å². The summed E-state index contributed by atoms with van der Waals surface area (Å²) < 4.78 is 12.1. The van der Waals surface area contributed by atoms with Gasteiger partial charge in [0.25, 0.3) is 0 Å². The maximum Gasteiger partial charge on any atom is 0.344 e. The van der Waals surface area contributed by atoms with Crippen molar-refractivity contribution < 1.29 is 14.1 Å². The van der Waals surface area contributed by atoms with E-state index in [1.165, 1.54) is 6.20 Å². The van der Waals surface area contributed by atoms with Crippen molar-refractivity contribution in [2.24, 2.45) is 0 Å². The van der Waals surface area contributed by atoms with Crippen molar-refractivity contribution in [3.63, 3.8) is 0 Å². The molecule has 0 fully saturated rings. The molecule has 0 spiro atoms. The zero-order valence-electron chi connectivity index (χ0n) is 14.6. The average molecular weight is 341 g/mol. The lowest BCUT2D eigenvalue weighted by Crippen LogP contribution is -2.21. The first kappa shape index (κ1) is 16.9. The van der Waals surface area contributed by atoms with E-state index < -0.39 is 5.97 Å². The number of aryl methyl sites for hydroxylation is 4. The van der Waals surface area contributed by atoms with Crippen LogP contribution in [0.5, 0.6) is 0 Å². The number of pyridine rings is 2. The number of ether oxygens (including phenoxy) is 1. The van der Waals surface area contributed by atoms with Gasteiger partial charge in [0, 0.05) is 18.4 Å². The molecular formula is C18H19N3O4. The zero-order chi connectivity index (χ0) is 18.1. The van der Waals surface area contributed by atoms with Gasteiger partial charge in [-0.05, 0) is 39.8 Å². The fourth-order valence-electron chi connectivity index (χ4n) is 2.67. The molecule has 0 atom stereocenters. The SMILES string of the molecule is CCn1cc(C(=O)OCc2c(C)noc2C)c(=O)c2ccc(C)nc21. The first-order valence-electron chi connectivity index (χ1n) is 8.02. The molecular weight excluding hydrogens is 322 g/mol. The van der Waals surface area contributed by atoms with Crippen molar-refractivity contribution in [3.05, 3.63) is 56.8 Å². The largest absolute Gasteiger partial charge is 0.457 e. The fourth-order valence-corrected chi connectivity index (χ4v) is 2.67. The van der Waals surface area contributed by atoms with Crippen LogP contribution in [0.15, 0.2) is 27.6 Å². The van der Waals surface area contributed by atoms with Crippen molar-refractivity contribution in [1.29, 1.82) is 0 Å². The van der Waals surface area contributed by atoms with E-state index in [9.17, 15) is 9.59 Å². The number of hydrogen-bond acceptors (Lipinski definition) is 6. The molecule has 3 rings (SSSR count). The minimum atomic E-state index is -0.672. The van der Waals surface area contributed by atoms with Crippen molar-refractivity contribution in [2.75, 3.05) is 0 Å². The highest BCUT2D eigenvalue weighted by Gasteiger charge is 2.19. The summed E-state index contributed by atoms with van der Waals surface area (Å²) in [4.78, 5) is 29.5. The minimum absolute atomic E-state index is 0.00763. The third-order valence-electron chi connectivity index (χ3n) is 4.15. The van der Waals surface area contributed by atoms with Crippen LogP contribution in [0.25, 0.3) is 11.0 Å². The van der Waals surface area contributed by atoms with Gasteiger partial charge in [0.15, 0.2) is 0 Å². The molecule has 0 aliphatic heterocycles. The van der Waals surface area contributed by atoms with Crippen LogP contribution in [0.2, 0.25) is 0 Å². The zero-order valence-corrected chi connectivity index (χ0v) is 14.6. The molecule has 0 radical (unpaired) electrons. The molecule has 7 heteroatoms. The molecule has 0 aliphatic carbocycles. The molecule has 0 aliphatic rings. The summed E-state index contributed by atoms with van der Waals surface area (Å²) in [5.74, 6) is -0.0795. The van der Waals surface area contributed by atoms with E-state index in [1.807, 2.05) is 13.8 Å². The molecule has 7 nitrogen and oxygen atoms in total. The smallest absolute Gasteiger partial charge is 0.344 e. The molecule has 3 heterocycles. The molecule has 0 saturated heterocycles. The monoisotopic (exact) mass is 341 g/mol. The number of aromatic nitrogens is 3. The van der Waals surface area contributed by atoms with Crippen molar-refractivity contribution >= 4 is 17.0 Å². The highest BCUT2D eigenvalue weighted by molar-refractivity contribution is 5.93. The van der Waals surface area contributed by atoms with Gasteiger partial charge < -0.3 is 13.8 Å². The predicted molar refractivity (Wildman–Crippen MR) is 91.5 cm³/mol. The predicted octanol–water partition coefficient (Wildman–Crippen LogP) is 2.69. The van der Waals surface area contributed by atoms with Gasteiger partial charge in [-0.25, -0.2) is 9.78 Å². The Bertz CT molecular complexity index is 998. The standard InChI is InChI=1S/C18H19N3O4/c1-5-21-8-14(16(22)13-7-6-10(2)19-17(13)21)18(23)24-9-15-11(3)20-25-12(15)4/h6-8H,5,9H2,1-4H3. The van der Waals surface area contributed by atoms with Crippen LogP contribution >= 0.6 is 0 Å². The summed E-state index contributed by atoms with van der Waals surface area (Å²) in [5.41, 5.74) is 2.36. The maximum atomic E-state index is 12.7. The first-order valence-corrected chi connectivity index (χ1v) is 8.02. The lowest BCUT2D eigenvalue weighted by molar-refractivity contribution is 0.0468. The molecule has 3 aromatic heterocycles. The van der Waals surface area contributed by atoms with Crippen LogP contribution in [-0.4, -0.2) is 20.7 Å². The molecule has 3 aromatic rings. The van der Waals surface area contributed by atoms with Crippen molar-refractivity contribution in [3.8, 4) is 0 Å². The van der Waals surface area contributed by atoms with Crippen LogP contribution in [0.3, 0.4) is 0 Å². The van der Waals surface area contributed by atoms with Gasteiger partial charge in [-0.2, -0.15) is 0 Å². The molecule has 0 N–H and O–H groups in total. The second kappa shape index (κ2) is 6.51. The van der Waals surface area contributed by atoms with Crippen molar-refractivity contribution in [1.82, 2.24) is 14.7 Å². The Morgan fingerprint density at radius 3 is 2.68 bits per heavy atom. The Morgan fingerprint density at radius 1 is 1.28 bits per heavy atom. The van der Waals surface area contributed by atoms with Gasteiger partial charge >= 0.3 is 5.97 Å². The Kier molecular flexibility index (Phi) is 4.39. The Balaban J connectivity index is 1.98. The summed E-state index contributed by atoms with van der Waals surface area (Å²) in [6, 6.07) is 3.44. The third-order valence-corrected chi connectivity index (χ3v) is 4.15. The number of nitrogens with zero attached hydrogens (tertiary/aromatic N) is 3. The van der Waals surface area contributed by atoms with E-state index in [-0.39, 0.29) is 17.6 Å². The second-order valence-electron chi connectivity index (χ2n) is 5.86. The van der Waals surface area contributed by atoms with Crippen LogP contribution in [-0.2, 0) is 17.9 Å². The van der Waals surface area contributed by atoms with Crippen LogP contribution in [0.1, 0.15) is 40.0 Å². The number of hydrogen-bond donors (Lipinski definition) is 0. The summed E-state index contributed by atoms with van der Waals surface area (Å²) in [6.07, 6.45) is 1.51. The third kappa shape index (κ3) is 3.05. The van der Waals surface area contributed by atoms with E-state index in [0.717, 1.165) is 5.69 Å². The lowest BCUT2D eigenvalue weighted by atomic mass is 10.1. The van der Waals surface area contributed by atoms with Crippen LogP contribution in [0, 0.1) is 20.8 Å². The summed E-state index contributed by atoms with van der Waals surface area (Å²) in [5, 5.41) is 4.22. The van der Waals surface area contributed by atoms with Gasteiger partial charge in [0.05, 0.1) is 16.6 Å². The fraction of sp³-hybridized carbons (Fsp3) is 0.333. The van der Waals surface area contributed by atoms with Gasteiger partial charge in [-0.3, -0.25) is 4.79 Å². The van der Waals surface area contributed by atoms with Crippen LogP contribution in [0.4, 0.5) is 0 Å². The van der Waals surface area contributed by atoms with E-state index in [1.54, 1.807) is 30.5 Å². The molecule has 0 bridgehead atoms. The van der Waals surface area contributed by atoms with Crippen LogP contribution < -0.4 is 5.43 Å². The number of carbonyl (C=O) groups excluding carboxylic acids is 1. The van der Waals surface area contributed by atoms with E-state index in [2.05, 4.69) is 10.1 Å². The normalized spacial score (nSPS) is 11.0. The molecule has 130 valence electrons. The van der Waals surface area contributed by atoms with Gasteiger partial charge in [0.2, 0.25) is 5.43 Å². The lowest BCUT2D eigenvalue weighted by Gasteiger charge is -2.11. The van der Waals surface area contributed by atoms with E-state index in [4.69, 9.17) is 9.26 Å². The number of fused-ring (bicyclic) bond motifs is 1. The molecule has 0 aromatic carbocycles. The summed E-state index contributed by atoms with van der Waals surface area (Å²) in [6.45, 7) is 7.89. The second-order valence-corrected chi connectivity index (χ2v) is 5.86. The van der Waals surface area contributed by atoms with Crippen molar-refractivity contribution in [2.45, 2.75) is 40.8 Å². The van der Waals surface area contributed by atoms with Gasteiger partial charge in [-0.1, -0.05) is 5.16 Å². The maximum absolute atomic E-state index is 12.7. The first-order chi connectivity index (χ1) is 11.9. The molecule has 0 saturated carbocycles. The highest BCUT2D eigenvalue weighted by atomic mass is 16.5. The Hall–Kier alpha value is -2.96. The number of esters is 1. The number of carbonyl (C=O) groups is 1. The topological polar surface area (TPSA) is 87.2 Å². The molecule has 0 amide bonds. The quantitative estimate of drug-likeness (QED) is 0.678. The summed E-state index contributed by atoms with van der Waals surface area (Å²) in [7, 11) is 0. The van der Waals surface area contributed by atoms with Gasteiger partial charge in [0.1, 0.15) is 23.6 Å². The Morgan fingerprint density at radius 2 is 2.04 bits per heavy atom. The highest BCUT2D eigenvalue weighted by Crippen LogP contribution is 2.15. The summed E-state index contributed by atoms with van der Waals surface area (Å²) >= 11 is 0. The van der Waals surface area contributed by atoms with E-state index in [0.29, 0.717) is 34.6 Å². The molecule has 25 heavy (non-hydrogen) atoms. The average Bonchev–Trinajstić information content (AvgIpc) is 2.91. The minimum Gasteiger partial charge on any atom is -0.457 e. The number of rotatable bonds is 4. The van der Waals surface area contributed by atoms with Gasteiger partial charge in [-0.15, -0.1) is 0 Å². The molecule has 0 unspecified atom stereocenters. The Labute approximate surface area is 144 Å².